The molecule has 1 saturated heterocycles. The van der Waals surface area contributed by atoms with E-state index in [1.807, 2.05) is 23.3 Å². The van der Waals surface area contributed by atoms with Crippen LogP contribution < -0.4 is 10.2 Å². The van der Waals surface area contributed by atoms with Gasteiger partial charge in [-0.3, -0.25) is 0 Å². The maximum Gasteiger partial charge on any atom is 0.416 e. The first-order valence-electron chi connectivity index (χ1n) is 12.4. The lowest BCUT2D eigenvalue weighted by Crippen LogP contribution is -2.42. The maximum atomic E-state index is 13.1. The third-order valence-electron chi connectivity index (χ3n) is 7.14. The molecule has 0 spiro atoms. The van der Waals surface area contributed by atoms with Gasteiger partial charge in [0.15, 0.2) is 11.5 Å². The summed E-state index contributed by atoms with van der Waals surface area (Å²) in [6.07, 6.45) is -1.16. The molecular formula is C25H29F3N6O3. The van der Waals surface area contributed by atoms with E-state index in [2.05, 4.69) is 15.3 Å². The number of rotatable bonds is 7. The van der Waals surface area contributed by atoms with Gasteiger partial charge in [0.05, 0.1) is 24.8 Å². The van der Waals surface area contributed by atoms with Gasteiger partial charge in [0.25, 0.3) is 0 Å². The number of hydrogen-bond donors (Lipinski definition) is 2. The number of morpholine rings is 1. The number of benzene rings is 1. The first-order valence-corrected chi connectivity index (χ1v) is 12.4. The molecule has 2 fully saturated rings. The van der Waals surface area contributed by atoms with Crippen LogP contribution in [0.1, 0.15) is 54.9 Å². The van der Waals surface area contributed by atoms with E-state index < -0.39 is 17.7 Å². The Labute approximate surface area is 211 Å². The van der Waals surface area contributed by atoms with Crippen LogP contribution in [0.5, 0.6) is 0 Å². The second-order valence-electron chi connectivity index (χ2n) is 9.82. The number of nitrogens with zero attached hydrogens (tertiary/aromatic N) is 5. The summed E-state index contributed by atoms with van der Waals surface area (Å²) < 4.78 is 46.9. The standard InChI is InChI=1S/C25H29F3N6O3/c1-14-12-33(10-11-37-14)24-32-21-19(34(24)13-16-6-8-18(9-7-16)25(26,27)28)20(30-22(31-21)23(35)36)29-15(2)17-4-3-5-17/h6-9,14-15,17H,3-5,10-13H2,1-2H3,(H,35,36)(H,29,30,31)/t14?,15-/m1/s1. The molecule has 198 valence electrons. The van der Waals surface area contributed by atoms with Crippen LogP contribution in [-0.4, -0.2) is 62.4 Å². The molecule has 2 atom stereocenters. The Bertz CT molecular complexity index is 1290. The smallest absolute Gasteiger partial charge is 0.416 e. The third kappa shape index (κ3) is 5.20. The second-order valence-corrected chi connectivity index (χ2v) is 9.82. The van der Waals surface area contributed by atoms with Gasteiger partial charge in [-0.2, -0.15) is 18.2 Å². The SMILES string of the molecule is CC1CN(c2nc3nc(C(=O)O)nc(N[C@H](C)C4CCC4)c3n2Cc2ccc(C(F)(F)F)cc2)CCO1. The summed E-state index contributed by atoms with van der Waals surface area (Å²) >= 11 is 0. The predicted octanol–water partition coefficient (Wildman–Crippen LogP) is 4.42. The molecule has 1 aliphatic heterocycles. The van der Waals surface area contributed by atoms with E-state index in [1.54, 1.807) is 0 Å². The average Bonchev–Trinajstić information content (AvgIpc) is 3.16. The second kappa shape index (κ2) is 9.81. The van der Waals surface area contributed by atoms with E-state index >= 15 is 0 Å². The van der Waals surface area contributed by atoms with Crippen molar-refractivity contribution in [1.82, 2.24) is 19.5 Å². The number of hydrogen-bond acceptors (Lipinski definition) is 7. The number of carboxylic acids is 1. The highest BCUT2D eigenvalue weighted by Crippen LogP contribution is 2.34. The van der Waals surface area contributed by atoms with Crippen molar-refractivity contribution in [3.63, 3.8) is 0 Å². The normalized spacial score (nSPS) is 19.6. The monoisotopic (exact) mass is 518 g/mol. The molecule has 37 heavy (non-hydrogen) atoms. The molecule has 0 radical (unpaired) electrons. The molecule has 2 aromatic heterocycles. The number of nitrogens with one attached hydrogen (secondary N) is 1. The minimum Gasteiger partial charge on any atom is -0.475 e. The summed E-state index contributed by atoms with van der Waals surface area (Å²) in [5.74, 6) is -0.281. The molecule has 1 saturated carbocycles. The number of carboxylic acid groups (broad SMARTS) is 1. The number of anilines is 2. The summed E-state index contributed by atoms with van der Waals surface area (Å²) in [5.41, 5.74) is 0.650. The van der Waals surface area contributed by atoms with Gasteiger partial charge in [-0.1, -0.05) is 18.6 Å². The van der Waals surface area contributed by atoms with Gasteiger partial charge in [-0.05, 0) is 50.3 Å². The fourth-order valence-electron chi connectivity index (χ4n) is 4.87. The van der Waals surface area contributed by atoms with Gasteiger partial charge in [0.2, 0.25) is 11.8 Å². The van der Waals surface area contributed by atoms with Gasteiger partial charge < -0.3 is 24.6 Å². The van der Waals surface area contributed by atoms with E-state index in [4.69, 9.17) is 9.72 Å². The van der Waals surface area contributed by atoms with Gasteiger partial charge in [0.1, 0.15) is 5.52 Å². The third-order valence-corrected chi connectivity index (χ3v) is 7.14. The zero-order valence-electron chi connectivity index (χ0n) is 20.6. The number of halogens is 3. The molecule has 3 heterocycles. The van der Waals surface area contributed by atoms with Gasteiger partial charge >= 0.3 is 12.1 Å². The molecule has 5 rings (SSSR count). The summed E-state index contributed by atoms with van der Waals surface area (Å²) in [6.45, 7) is 5.79. The Morgan fingerprint density at radius 2 is 1.95 bits per heavy atom. The molecule has 2 N–H and O–H groups in total. The lowest BCUT2D eigenvalue weighted by atomic mass is 9.80. The van der Waals surface area contributed by atoms with E-state index in [9.17, 15) is 23.1 Å². The molecule has 1 unspecified atom stereocenters. The lowest BCUT2D eigenvalue weighted by molar-refractivity contribution is -0.137. The first-order chi connectivity index (χ1) is 17.6. The molecule has 9 nitrogen and oxygen atoms in total. The highest BCUT2D eigenvalue weighted by molar-refractivity contribution is 5.91. The fraction of sp³-hybridized carbons (Fsp3) is 0.520. The van der Waals surface area contributed by atoms with Crippen molar-refractivity contribution in [2.24, 2.45) is 5.92 Å². The van der Waals surface area contributed by atoms with Crippen molar-refractivity contribution in [2.75, 3.05) is 29.9 Å². The number of aromatic nitrogens is 4. The fourth-order valence-corrected chi connectivity index (χ4v) is 4.87. The van der Waals surface area contributed by atoms with Gasteiger partial charge in [-0.25, -0.2) is 14.8 Å². The van der Waals surface area contributed by atoms with Crippen LogP contribution >= 0.6 is 0 Å². The van der Waals surface area contributed by atoms with Crippen LogP contribution in [0.2, 0.25) is 0 Å². The Balaban J connectivity index is 1.62. The minimum atomic E-state index is -4.43. The van der Waals surface area contributed by atoms with Crippen molar-refractivity contribution in [2.45, 2.75) is 58.0 Å². The topological polar surface area (TPSA) is 105 Å². The molecule has 1 aliphatic carbocycles. The van der Waals surface area contributed by atoms with Gasteiger partial charge in [0, 0.05) is 19.1 Å². The van der Waals surface area contributed by atoms with E-state index in [0.29, 0.717) is 48.5 Å². The van der Waals surface area contributed by atoms with Crippen LogP contribution in [0, 0.1) is 5.92 Å². The van der Waals surface area contributed by atoms with Crippen LogP contribution in [-0.2, 0) is 17.5 Å². The number of ether oxygens (including phenoxy) is 1. The quantitative estimate of drug-likeness (QED) is 0.474. The highest BCUT2D eigenvalue weighted by atomic mass is 19.4. The first kappa shape index (κ1) is 25.2. The number of aromatic carboxylic acids is 1. The van der Waals surface area contributed by atoms with E-state index in [0.717, 1.165) is 31.4 Å². The van der Waals surface area contributed by atoms with Crippen LogP contribution in [0.25, 0.3) is 11.2 Å². The molecule has 3 aromatic rings. The molecule has 12 heteroatoms. The average molecular weight is 519 g/mol. The van der Waals surface area contributed by atoms with Crippen LogP contribution in [0.3, 0.4) is 0 Å². The number of alkyl halides is 3. The van der Waals surface area contributed by atoms with Crippen LogP contribution in [0.4, 0.5) is 24.9 Å². The Kier molecular flexibility index (Phi) is 6.69. The Morgan fingerprint density at radius 1 is 1.22 bits per heavy atom. The van der Waals surface area contributed by atoms with E-state index in [-0.39, 0.29) is 30.2 Å². The summed E-state index contributed by atoms with van der Waals surface area (Å²) in [4.78, 5) is 27.1. The Hall–Kier alpha value is -3.41. The Morgan fingerprint density at radius 3 is 2.54 bits per heavy atom. The zero-order valence-corrected chi connectivity index (χ0v) is 20.6. The predicted molar refractivity (Wildman–Crippen MR) is 131 cm³/mol. The number of fused-ring (bicyclic) bond motifs is 1. The molecule has 0 bridgehead atoms. The van der Waals surface area contributed by atoms with Gasteiger partial charge in [-0.15, -0.1) is 0 Å². The summed E-state index contributed by atoms with van der Waals surface area (Å²) in [6, 6.07) is 5.05. The zero-order chi connectivity index (χ0) is 26.3. The van der Waals surface area contributed by atoms with Crippen molar-refractivity contribution in [3.05, 3.63) is 41.2 Å². The molecule has 2 aliphatic rings. The number of imidazole rings is 1. The molecule has 0 amide bonds. The minimum absolute atomic E-state index is 0.0507. The van der Waals surface area contributed by atoms with Crippen molar-refractivity contribution in [1.29, 1.82) is 0 Å². The van der Waals surface area contributed by atoms with Crippen molar-refractivity contribution < 1.29 is 27.8 Å². The maximum absolute atomic E-state index is 13.1. The summed E-state index contributed by atoms with van der Waals surface area (Å²) in [7, 11) is 0. The highest BCUT2D eigenvalue weighted by Gasteiger charge is 2.31. The molecule has 1 aromatic carbocycles. The van der Waals surface area contributed by atoms with Crippen LogP contribution in [0.15, 0.2) is 24.3 Å². The van der Waals surface area contributed by atoms with Crippen molar-refractivity contribution >= 4 is 28.9 Å². The lowest BCUT2D eigenvalue weighted by Gasteiger charge is -2.33. The van der Waals surface area contributed by atoms with E-state index in [1.165, 1.54) is 12.1 Å². The summed E-state index contributed by atoms with van der Waals surface area (Å²) in [5, 5.41) is 13.0. The largest absolute Gasteiger partial charge is 0.475 e. The van der Waals surface area contributed by atoms with Crippen molar-refractivity contribution in [3.8, 4) is 0 Å². The molecular weight excluding hydrogens is 489 g/mol. The number of carbonyl (C=O) groups is 1.